The van der Waals surface area contributed by atoms with Crippen molar-refractivity contribution in [1.29, 1.82) is 0 Å². The van der Waals surface area contributed by atoms with Gasteiger partial charge in [-0.3, -0.25) is 14.5 Å². The third kappa shape index (κ3) is 3.80. The van der Waals surface area contributed by atoms with Crippen molar-refractivity contribution in [2.45, 2.75) is 13.0 Å². The summed E-state index contributed by atoms with van der Waals surface area (Å²) in [4.78, 5) is 32.5. The van der Waals surface area contributed by atoms with Crippen molar-refractivity contribution >= 4 is 67.3 Å². The number of benzene rings is 3. The van der Waals surface area contributed by atoms with Gasteiger partial charge in [0.25, 0.3) is 5.78 Å². The van der Waals surface area contributed by atoms with E-state index >= 15 is 0 Å². The number of amides is 1. The zero-order valence-corrected chi connectivity index (χ0v) is 19.6. The molecule has 1 fully saturated rings. The fourth-order valence-corrected chi connectivity index (χ4v) is 5.42. The molecule has 8 heteroatoms. The lowest BCUT2D eigenvalue weighted by Crippen LogP contribution is -2.29. The van der Waals surface area contributed by atoms with Gasteiger partial charge in [0, 0.05) is 15.6 Å². The molecule has 4 aromatic rings. The summed E-state index contributed by atoms with van der Waals surface area (Å²) < 4.78 is 0.789. The molecular weight excluding hydrogens is 479 g/mol. The maximum Gasteiger partial charge on any atom is 0.301 e. The summed E-state index contributed by atoms with van der Waals surface area (Å²) in [6.07, 6.45) is 0. The van der Waals surface area contributed by atoms with Crippen molar-refractivity contribution in [1.82, 2.24) is 4.98 Å². The summed E-state index contributed by atoms with van der Waals surface area (Å²) in [5, 5.41) is 12.5. The monoisotopic (exact) mass is 494 g/mol. The number of carbonyl (C=O) groups excluding carboxylic acids is 2. The topological polar surface area (TPSA) is 70.5 Å². The molecule has 1 amide bonds. The van der Waals surface area contributed by atoms with Gasteiger partial charge in [-0.2, -0.15) is 0 Å². The molecule has 0 spiro atoms. The maximum atomic E-state index is 13.3. The summed E-state index contributed by atoms with van der Waals surface area (Å²) in [5.41, 5.74) is 2.66. The number of carbonyl (C=O) groups is 2. The van der Waals surface area contributed by atoms with E-state index in [1.807, 2.05) is 31.2 Å². The fourth-order valence-electron chi connectivity index (χ4n) is 3.97. The summed E-state index contributed by atoms with van der Waals surface area (Å²) >= 11 is 13.5. The molecular formula is C25H16Cl2N2O3S. The first-order chi connectivity index (χ1) is 15.8. The number of aliphatic hydroxyl groups excluding tert-OH is 1. The number of hydrogen-bond donors (Lipinski definition) is 1. The minimum atomic E-state index is -0.847. The van der Waals surface area contributed by atoms with Crippen LogP contribution in [0.25, 0.3) is 16.0 Å². The first kappa shape index (κ1) is 21.6. The van der Waals surface area contributed by atoms with Crippen LogP contribution in [-0.2, 0) is 9.59 Å². The van der Waals surface area contributed by atoms with Crippen LogP contribution in [0.2, 0.25) is 10.0 Å². The number of rotatable bonds is 3. The van der Waals surface area contributed by atoms with Gasteiger partial charge in [-0.1, -0.05) is 76.5 Å². The van der Waals surface area contributed by atoms with Crippen molar-refractivity contribution < 1.29 is 14.7 Å². The second kappa shape index (κ2) is 8.30. The van der Waals surface area contributed by atoms with E-state index in [0.29, 0.717) is 31.8 Å². The Hall–Kier alpha value is -3.19. The molecule has 5 rings (SSSR count). The summed E-state index contributed by atoms with van der Waals surface area (Å²) in [6, 6.07) is 18.4. The van der Waals surface area contributed by atoms with Crippen molar-refractivity contribution in [3.05, 3.63) is 99.0 Å². The number of thiazole rings is 1. The van der Waals surface area contributed by atoms with E-state index in [1.54, 1.807) is 42.5 Å². The predicted molar refractivity (Wildman–Crippen MR) is 132 cm³/mol. The Morgan fingerprint density at radius 2 is 1.76 bits per heavy atom. The molecule has 1 unspecified atom stereocenters. The number of halogens is 2. The SMILES string of the molecule is Cc1cccc(C2/C(=C(\O)c3cccc(Cl)c3)C(=O)C(=O)N2c2nc3ccc(Cl)cc3s2)c1. The lowest BCUT2D eigenvalue weighted by atomic mass is 9.94. The highest BCUT2D eigenvalue weighted by atomic mass is 35.5. The van der Waals surface area contributed by atoms with Gasteiger partial charge in [-0.05, 0) is 42.8 Å². The molecule has 0 bridgehead atoms. The van der Waals surface area contributed by atoms with Gasteiger partial charge in [-0.25, -0.2) is 4.98 Å². The number of ketones is 1. The molecule has 1 N–H and O–H groups in total. The molecule has 2 heterocycles. The van der Waals surface area contributed by atoms with Crippen LogP contribution >= 0.6 is 34.5 Å². The van der Waals surface area contributed by atoms with E-state index in [9.17, 15) is 14.7 Å². The molecule has 0 saturated carbocycles. The van der Waals surface area contributed by atoms with Crippen LogP contribution in [-0.4, -0.2) is 21.8 Å². The highest BCUT2D eigenvalue weighted by Gasteiger charge is 2.48. The fraction of sp³-hybridized carbons (Fsp3) is 0.0800. The second-order valence-electron chi connectivity index (χ2n) is 7.70. The van der Waals surface area contributed by atoms with Gasteiger partial charge in [0.15, 0.2) is 5.13 Å². The third-order valence-electron chi connectivity index (χ3n) is 5.45. The Balaban J connectivity index is 1.75. The first-order valence-electron chi connectivity index (χ1n) is 10.0. The molecule has 0 aliphatic carbocycles. The zero-order valence-electron chi connectivity index (χ0n) is 17.3. The molecule has 1 saturated heterocycles. The Morgan fingerprint density at radius 3 is 2.52 bits per heavy atom. The largest absolute Gasteiger partial charge is 0.507 e. The number of Topliss-reactive ketones (excluding diaryl/α,β-unsaturated/α-hetero) is 1. The number of anilines is 1. The van der Waals surface area contributed by atoms with Gasteiger partial charge in [0.05, 0.1) is 21.8 Å². The van der Waals surface area contributed by atoms with Gasteiger partial charge in [0.1, 0.15) is 5.76 Å². The molecule has 1 aromatic heterocycles. The summed E-state index contributed by atoms with van der Waals surface area (Å²) in [5.74, 6) is -1.82. The van der Waals surface area contributed by atoms with Crippen LogP contribution in [0.5, 0.6) is 0 Å². The highest BCUT2D eigenvalue weighted by molar-refractivity contribution is 7.22. The van der Waals surface area contributed by atoms with Crippen molar-refractivity contribution in [3.63, 3.8) is 0 Å². The van der Waals surface area contributed by atoms with Crippen LogP contribution in [0, 0.1) is 6.92 Å². The summed E-state index contributed by atoms with van der Waals surface area (Å²) in [6.45, 7) is 1.92. The predicted octanol–water partition coefficient (Wildman–Crippen LogP) is 6.54. The Bertz CT molecular complexity index is 1480. The van der Waals surface area contributed by atoms with Gasteiger partial charge >= 0.3 is 5.91 Å². The van der Waals surface area contributed by atoms with E-state index in [4.69, 9.17) is 23.2 Å². The third-order valence-corrected chi connectivity index (χ3v) is 6.93. The van der Waals surface area contributed by atoms with Crippen molar-refractivity contribution in [3.8, 4) is 0 Å². The van der Waals surface area contributed by atoms with Crippen molar-refractivity contribution in [2.75, 3.05) is 4.90 Å². The molecule has 0 radical (unpaired) electrons. The summed E-state index contributed by atoms with van der Waals surface area (Å²) in [7, 11) is 0. The van der Waals surface area contributed by atoms with E-state index in [0.717, 1.165) is 10.3 Å². The average molecular weight is 495 g/mol. The Kier molecular flexibility index (Phi) is 5.44. The Labute approximate surface area is 203 Å². The van der Waals surface area contributed by atoms with E-state index in [2.05, 4.69) is 4.98 Å². The van der Waals surface area contributed by atoms with Crippen molar-refractivity contribution in [2.24, 2.45) is 0 Å². The molecule has 164 valence electrons. The van der Waals surface area contributed by atoms with Gasteiger partial charge in [0.2, 0.25) is 0 Å². The lowest BCUT2D eigenvalue weighted by molar-refractivity contribution is -0.132. The standard InChI is InChI=1S/C25H16Cl2N2O3S/c1-13-4-2-5-14(10-13)21-20(22(30)15-6-3-7-16(26)11-15)23(31)24(32)29(21)25-28-18-9-8-17(27)12-19(18)33-25/h2-12,21,30H,1H3/b22-20+. The maximum absolute atomic E-state index is 13.3. The Morgan fingerprint density at radius 1 is 1.00 bits per heavy atom. The van der Waals surface area contributed by atoms with Gasteiger partial charge < -0.3 is 5.11 Å². The number of aryl methyl sites for hydroxylation is 1. The van der Waals surface area contributed by atoms with Crippen LogP contribution in [0.4, 0.5) is 5.13 Å². The van der Waals surface area contributed by atoms with Crippen LogP contribution in [0.15, 0.2) is 72.3 Å². The molecule has 33 heavy (non-hydrogen) atoms. The van der Waals surface area contributed by atoms with Crippen LogP contribution in [0.3, 0.4) is 0 Å². The first-order valence-corrected chi connectivity index (χ1v) is 11.6. The van der Waals surface area contributed by atoms with Crippen LogP contribution in [0.1, 0.15) is 22.7 Å². The second-order valence-corrected chi connectivity index (χ2v) is 9.58. The molecule has 1 aliphatic heterocycles. The normalized spacial score (nSPS) is 17.8. The molecule has 1 aliphatic rings. The number of aromatic nitrogens is 1. The number of fused-ring (bicyclic) bond motifs is 1. The van der Waals surface area contributed by atoms with E-state index < -0.39 is 17.7 Å². The van der Waals surface area contributed by atoms with E-state index in [1.165, 1.54) is 16.2 Å². The lowest BCUT2D eigenvalue weighted by Gasteiger charge is -2.23. The zero-order chi connectivity index (χ0) is 23.3. The molecule has 3 aromatic carbocycles. The average Bonchev–Trinajstić information content (AvgIpc) is 3.31. The number of hydrogen-bond acceptors (Lipinski definition) is 5. The minimum absolute atomic E-state index is 0.00912. The van der Waals surface area contributed by atoms with Gasteiger partial charge in [-0.15, -0.1) is 0 Å². The van der Waals surface area contributed by atoms with Crippen LogP contribution < -0.4 is 4.90 Å². The number of aliphatic hydroxyl groups is 1. The number of nitrogens with zero attached hydrogens (tertiary/aromatic N) is 2. The molecule has 5 nitrogen and oxygen atoms in total. The van der Waals surface area contributed by atoms with E-state index in [-0.39, 0.29) is 11.3 Å². The highest BCUT2D eigenvalue weighted by Crippen LogP contribution is 2.44. The minimum Gasteiger partial charge on any atom is -0.507 e. The molecule has 1 atom stereocenters. The smallest absolute Gasteiger partial charge is 0.301 e. The quantitative estimate of drug-likeness (QED) is 0.199.